The van der Waals surface area contributed by atoms with Crippen molar-refractivity contribution in [3.63, 3.8) is 0 Å². The van der Waals surface area contributed by atoms with Crippen molar-refractivity contribution in [1.29, 1.82) is 0 Å². The van der Waals surface area contributed by atoms with E-state index < -0.39 is 11.6 Å². The predicted octanol–water partition coefficient (Wildman–Crippen LogP) is 3.59. The van der Waals surface area contributed by atoms with Gasteiger partial charge >= 0.3 is 5.69 Å². The normalized spacial score (nSPS) is 18.3. The number of nitrogens with two attached hydrogens (primary N) is 1. The number of hydrogen-bond acceptors (Lipinski definition) is 5. The molecule has 2 N–H and O–H groups in total. The summed E-state index contributed by atoms with van der Waals surface area (Å²) >= 11 is 6.04. The number of amides is 1. The number of aryl methyl sites for hydroxylation is 2. The molecule has 2 heterocycles. The summed E-state index contributed by atoms with van der Waals surface area (Å²) in [6.45, 7) is 2.24. The second kappa shape index (κ2) is 8.74. The average molecular weight is 513 g/mol. The Kier molecular flexibility index (Phi) is 5.49. The van der Waals surface area contributed by atoms with E-state index in [0.717, 1.165) is 29.7 Å². The summed E-state index contributed by atoms with van der Waals surface area (Å²) in [7, 11) is 0. The topological polar surface area (TPSA) is 98.5 Å². The zero-order valence-electron chi connectivity index (χ0n) is 20.3. The van der Waals surface area contributed by atoms with Crippen LogP contribution in [-0.4, -0.2) is 32.5 Å². The molecule has 0 unspecified atom stereocenters. The van der Waals surface area contributed by atoms with Gasteiger partial charge < -0.3 is 5.73 Å². The lowest BCUT2D eigenvalue weighted by molar-refractivity contribution is -0.118. The highest BCUT2D eigenvalue weighted by molar-refractivity contribution is 6.30. The molecule has 186 valence electrons. The maximum absolute atomic E-state index is 13.4. The smallest absolute Gasteiger partial charge is 0.352 e. The molecular formula is C28H25ClN6O2. The Morgan fingerprint density at radius 1 is 1.05 bits per heavy atom. The Morgan fingerprint density at radius 2 is 1.78 bits per heavy atom. The SMILES string of the molecule is Cc1ccc(C2=NN(c3nn(-c4ccc(Cl)cc4)c(=O)n3CC(N)=O)C[C@@]23CCc2ccccc23)cc1. The molecule has 0 saturated heterocycles. The van der Waals surface area contributed by atoms with Crippen molar-refractivity contribution in [3.8, 4) is 5.69 Å². The fourth-order valence-corrected chi connectivity index (χ4v) is 5.59. The van der Waals surface area contributed by atoms with Crippen LogP contribution in [0.5, 0.6) is 0 Å². The van der Waals surface area contributed by atoms with E-state index in [2.05, 4.69) is 60.6 Å². The average Bonchev–Trinajstić information content (AvgIpc) is 3.55. The van der Waals surface area contributed by atoms with Crippen LogP contribution in [0.2, 0.25) is 5.02 Å². The minimum Gasteiger partial charge on any atom is -0.368 e. The van der Waals surface area contributed by atoms with Crippen molar-refractivity contribution >= 4 is 29.2 Å². The number of fused-ring (bicyclic) bond motifs is 2. The molecule has 2 aliphatic rings. The monoisotopic (exact) mass is 512 g/mol. The van der Waals surface area contributed by atoms with Gasteiger partial charge in [0.05, 0.1) is 23.4 Å². The van der Waals surface area contributed by atoms with Crippen LogP contribution in [0.25, 0.3) is 5.69 Å². The molecule has 0 saturated carbocycles. The van der Waals surface area contributed by atoms with Gasteiger partial charge in [0.1, 0.15) is 6.54 Å². The molecule has 0 radical (unpaired) electrons. The summed E-state index contributed by atoms with van der Waals surface area (Å²) in [5.74, 6) is -0.369. The van der Waals surface area contributed by atoms with Crippen molar-refractivity contribution in [2.75, 3.05) is 11.6 Å². The van der Waals surface area contributed by atoms with Crippen molar-refractivity contribution in [3.05, 3.63) is 111 Å². The first kappa shape index (κ1) is 23.2. The van der Waals surface area contributed by atoms with Crippen molar-refractivity contribution < 1.29 is 4.79 Å². The summed E-state index contributed by atoms with van der Waals surface area (Å²) in [5.41, 5.74) is 10.9. The Morgan fingerprint density at radius 3 is 2.51 bits per heavy atom. The standard InChI is InChI=1S/C28H25ClN6O2/c1-18-6-8-20(9-7-18)25-28(15-14-19-4-2-3-5-23(19)28)17-34(31-25)26-32-35(22-12-10-21(29)11-13-22)27(37)33(26)16-24(30)36/h2-13H,14-17H2,1H3,(H2,30,36)/t28-/m1/s1. The number of rotatable bonds is 5. The summed E-state index contributed by atoms with van der Waals surface area (Å²) in [6.07, 6.45) is 1.82. The first-order chi connectivity index (χ1) is 17.9. The lowest BCUT2D eigenvalue weighted by Crippen LogP contribution is -2.38. The van der Waals surface area contributed by atoms with E-state index in [4.69, 9.17) is 22.4 Å². The zero-order valence-corrected chi connectivity index (χ0v) is 21.0. The Balaban J connectivity index is 1.52. The van der Waals surface area contributed by atoms with Crippen LogP contribution in [0.15, 0.2) is 82.7 Å². The van der Waals surface area contributed by atoms with Crippen molar-refractivity contribution in [2.24, 2.45) is 10.8 Å². The number of carbonyl (C=O) groups is 1. The van der Waals surface area contributed by atoms with Crippen molar-refractivity contribution in [1.82, 2.24) is 14.3 Å². The van der Waals surface area contributed by atoms with Gasteiger partial charge in [-0.25, -0.2) is 14.4 Å². The van der Waals surface area contributed by atoms with Gasteiger partial charge in [0.25, 0.3) is 0 Å². The molecule has 37 heavy (non-hydrogen) atoms. The third-order valence-electron chi connectivity index (χ3n) is 7.23. The highest BCUT2D eigenvalue weighted by Crippen LogP contribution is 2.46. The van der Waals surface area contributed by atoms with E-state index >= 15 is 0 Å². The molecule has 9 heteroatoms. The van der Waals surface area contributed by atoms with Gasteiger partial charge in [0, 0.05) is 5.02 Å². The maximum Gasteiger partial charge on any atom is 0.352 e. The predicted molar refractivity (Wildman–Crippen MR) is 144 cm³/mol. The molecule has 1 aliphatic heterocycles. The molecule has 1 atom stereocenters. The van der Waals surface area contributed by atoms with Gasteiger partial charge in [-0.15, -0.1) is 5.10 Å². The van der Waals surface area contributed by atoms with Gasteiger partial charge in [0.2, 0.25) is 11.9 Å². The summed E-state index contributed by atoms with van der Waals surface area (Å²) in [5, 5.41) is 12.0. The lowest BCUT2D eigenvalue weighted by Gasteiger charge is -2.27. The number of halogens is 1. The molecule has 8 nitrogen and oxygen atoms in total. The van der Waals surface area contributed by atoms with Crippen molar-refractivity contribution in [2.45, 2.75) is 31.7 Å². The summed E-state index contributed by atoms with van der Waals surface area (Å²) in [6, 6.07) is 23.5. The fourth-order valence-electron chi connectivity index (χ4n) is 5.46. The van der Waals surface area contributed by atoms with E-state index in [9.17, 15) is 9.59 Å². The minimum absolute atomic E-state index is 0.268. The van der Waals surface area contributed by atoms with Crippen LogP contribution in [0.1, 0.15) is 28.7 Å². The number of aromatic nitrogens is 3. The molecule has 1 aromatic heterocycles. The molecule has 1 amide bonds. The molecular weight excluding hydrogens is 488 g/mol. The van der Waals surface area contributed by atoms with E-state index in [-0.39, 0.29) is 17.9 Å². The summed E-state index contributed by atoms with van der Waals surface area (Å²) in [4.78, 5) is 25.4. The third-order valence-corrected chi connectivity index (χ3v) is 7.48. The van der Waals surface area contributed by atoms with Crippen LogP contribution < -0.4 is 16.4 Å². The first-order valence-corrected chi connectivity index (χ1v) is 12.5. The van der Waals surface area contributed by atoms with Gasteiger partial charge in [-0.3, -0.25) is 4.79 Å². The number of carbonyl (C=O) groups excluding carboxylic acids is 1. The maximum atomic E-state index is 13.4. The van der Waals surface area contributed by atoms with E-state index in [0.29, 0.717) is 17.3 Å². The lowest BCUT2D eigenvalue weighted by atomic mass is 9.75. The quantitative estimate of drug-likeness (QED) is 0.442. The van der Waals surface area contributed by atoms with Gasteiger partial charge in [0.15, 0.2) is 0 Å². The second-order valence-corrected chi connectivity index (χ2v) is 10.1. The fraction of sp³-hybridized carbons (Fsp3) is 0.214. The van der Waals surface area contributed by atoms with Crippen LogP contribution in [-0.2, 0) is 23.2 Å². The van der Waals surface area contributed by atoms with E-state index in [1.165, 1.54) is 20.4 Å². The molecule has 4 aromatic rings. The Bertz CT molecular complexity index is 1600. The van der Waals surface area contributed by atoms with E-state index in [1.54, 1.807) is 29.3 Å². The third kappa shape index (κ3) is 3.84. The van der Waals surface area contributed by atoms with Gasteiger partial charge in [-0.1, -0.05) is 65.7 Å². The number of benzene rings is 3. The Hall–Kier alpha value is -4.17. The van der Waals surface area contributed by atoms with Crippen LogP contribution in [0.3, 0.4) is 0 Å². The molecule has 3 aromatic carbocycles. The van der Waals surface area contributed by atoms with Crippen LogP contribution in [0.4, 0.5) is 5.95 Å². The summed E-state index contributed by atoms with van der Waals surface area (Å²) < 4.78 is 2.54. The molecule has 1 spiro atoms. The number of nitrogens with zero attached hydrogens (tertiary/aromatic N) is 5. The van der Waals surface area contributed by atoms with Gasteiger partial charge in [-0.2, -0.15) is 9.78 Å². The number of hydrogen-bond donors (Lipinski definition) is 1. The van der Waals surface area contributed by atoms with Crippen LogP contribution >= 0.6 is 11.6 Å². The number of primary amides is 1. The number of hydrazone groups is 1. The van der Waals surface area contributed by atoms with E-state index in [1.807, 2.05) is 0 Å². The number of anilines is 1. The molecule has 0 fully saturated rings. The molecule has 6 rings (SSSR count). The largest absolute Gasteiger partial charge is 0.368 e. The molecule has 0 bridgehead atoms. The highest BCUT2D eigenvalue weighted by Gasteiger charge is 2.49. The highest BCUT2D eigenvalue weighted by atomic mass is 35.5. The van der Waals surface area contributed by atoms with Crippen LogP contribution in [0, 0.1) is 6.92 Å². The van der Waals surface area contributed by atoms with Gasteiger partial charge in [-0.05, 0) is 60.7 Å². The molecule has 1 aliphatic carbocycles. The first-order valence-electron chi connectivity index (χ1n) is 12.1. The Labute approximate surface area is 218 Å². The zero-order chi connectivity index (χ0) is 25.7. The minimum atomic E-state index is -0.637. The second-order valence-electron chi connectivity index (χ2n) is 9.63.